The fourth-order valence-electron chi connectivity index (χ4n) is 1.71. The van der Waals surface area contributed by atoms with Gasteiger partial charge in [0.05, 0.1) is 0 Å². The Bertz CT molecular complexity index is 500. The molecule has 0 aliphatic heterocycles. The molecule has 0 fully saturated rings. The molecule has 0 spiro atoms. The van der Waals surface area contributed by atoms with Crippen molar-refractivity contribution in [2.75, 3.05) is 0 Å². The van der Waals surface area contributed by atoms with Gasteiger partial charge < -0.3 is 4.42 Å². The highest BCUT2D eigenvalue weighted by atomic mass is 35.5. The fraction of sp³-hybridized carbons (Fsp3) is 0.462. The monoisotopic (exact) mass is 237 g/mol. The van der Waals surface area contributed by atoms with Crippen molar-refractivity contribution in [3.63, 3.8) is 0 Å². The molecule has 0 saturated carbocycles. The molecule has 0 saturated heterocycles. The van der Waals surface area contributed by atoms with E-state index >= 15 is 0 Å². The van der Waals surface area contributed by atoms with Crippen LogP contribution >= 0.6 is 11.6 Å². The summed E-state index contributed by atoms with van der Waals surface area (Å²) in [5.41, 5.74) is 1.68. The maximum absolute atomic E-state index is 5.93. The summed E-state index contributed by atoms with van der Waals surface area (Å²) < 4.78 is 5.80. The zero-order valence-corrected chi connectivity index (χ0v) is 10.6. The summed E-state index contributed by atoms with van der Waals surface area (Å²) in [7, 11) is 0. The van der Waals surface area contributed by atoms with E-state index in [1.165, 1.54) is 0 Å². The minimum atomic E-state index is 0.0193. The van der Waals surface area contributed by atoms with Gasteiger partial charge in [-0.15, -0.1) is 0 Å². The minimum absolute atomic E-state index is 0.0193. The van der Waals surface area contributed by atoms with Crippen LogP contribution in [0.3, 0.4) is 0 Å². The second-order valence-electron chi connectivity index (χ2n) is 4.40. The number of halogens is 1. The highest BCUT2D eigenvalue weighted by molar-refractivity contribution is 6.31. The highest BCUT2D eigenvalue weighted by Gasteiger charge is 2.28. The highest BCUT2D eigenvalue weighted by Crippen LogP contribution is 2.33. The first-order valence-corrected chi connectivity index (χ1v) is 6.03. The number of nitrogens with zero attached hydrogens (tertiary/aromatic N) is 1. The summed E-state index contributed by atoms with van der Waals surface area (Å²) in [5.74, 6) is 0.815. The second-order valence-corrected chi connectivity index (χ2v) is 4.84. The van der Waals surface area contributed by atoms with E-state index in [1.54, 1.807) is 0 Å². The van der Waals surface area contributed by atoms with Gasteiger partial charge in [0.25, 0.3) is 0 Å². The average molecular weight is 238 g/mol. The van der Waals surface area contributed by atoms with Crippen molar-refractivity contribution in [2.24, 2.45) is 0 Å². The van der Waals surface area contributed by atoms with Crippen molar-refractivity contribution in [1.82, 2.24) is 4.98 Å². The Balaban J connectivity index is 2.54. The average Bonchev–Trinajstić information content (AvgIpc) is 2.71. The number of rotatable bonds is 3. The van der Waals surface area contributed by atoms with Crippen molar-refractivity contribution in [1.29, 1.82) is 0 Å². The topological polar surface area (TPSA) is 26.0 Å². The van der Waals surface area contributed by atoms with Crippen LogP contribution < -0.4 is 0 Å². The molecule has 2 rings (SSSR count). The molecule has 86 valence electrons. The lowest BCUT2D eigenvalue weighted by Gasteiger charge is -2.21. The van der Waals surface area contributed by atoms with E-state index in [9.17, 15) is 0 Å². The third-order valence-electron chi connectivity index (χ3n) is 3.43. The molecule has 0 N–H and O–H groups in total. The van der Waals surface area contributed by atoms with Gasteiger partial charge in [0.15, 0.2) is 5.58 Å². The van der Waals surface area contributed by atoms with Crippen molar-refractivity contribution < 1.29 is 4.42 Å². The molecule has 2 nitrogen and oxygen atoms in total. The van der Waals surface area contributed by atoms with Gasteiger partial charge in [0, 0.05) is 10.4 Å². The molecule has 0 amide bonds. The van der Waals surface area contributed by atoms with Crippen LogP contribution in [0.1, 0.15) is 39.5 Å². The van der Waals surface area contributed by atoms with Crippen LogP contribution in [0.25, 0.3) is 11.1 Å². The smallest absolute Gasteiger partial charge is 0.201 e. The lowest BCUT2D eigenvalue weighted by molar-refractivity contribution is 0.336. The maximum Gasteiger partial charge on any atom is 0.201 e. The predicted molar refractivity (Wildman–Crippen MR) is 67.0 cm³/mol. The molecule has 1 aromatic heterocycles. The van der Waals surface area contributed by atoms with Gasteiger partial charge in [-0.3, -0.25) is 0 Å². The van der Waals surface area contributed by atoms with Crippen LogP contribution in [-0.2, 0) is 5.41 Å². The molecule has 0 aliphatic rings. The standard InChI is InChI=1S/C13H16ClNO/c1-4-13(3,5-2)12-15-10-8-9(14)6-7-11(10)16-12/h6-8H,4-5H2,1-3H3. The van der Waals surface area contributed by atoms with Crippen molar-refractivity contribution >= 4 is 22.7 Å². The van der Waals surface area contributed by atoms with Gasteiger partial charge in [0.2, 0.25) is 5.89 Å². The number of benzene rings is 1. The van der Waals surface area contributed by atoms with E-state index in [2.05, 4.69) is 25.8 Å². The zero-order chi connectivity index (χ0) is 11.8. The van der Waals surface area contributed by atoms with Gasteiger partial charge >= 0.3 is 0 Å². The van der Waals surface area contributed by atoms with E-state index < -0.39 is 0 Å². The second kappa shape index (κ2) is 4.10. The Kier molecular flexibility index (Phi) is 2.94. The lowest BCUT2D eigenvalue weighted by atomic mass is 9.85. The summed E-state index contributed by atoms with van der Waals surface area (Å²) in [6, 6.07) is 5.55. The normalized spacial score (nSPS) is 12.2. The summed E-state index contributed by atoms with van der Waals surface area (Å²) >= 11 is 5.93. The summed E-state index contributed by atoms with van der Waals surface area (Å²) in [5, 5.41) is 0.696. The Hall–Kier alpha value is -1.02. The predicted octanol–water partition coefficient (Wildman–Crippen LogP) is 4.56. The summed E-state index contributed by atoms with van der Waals surface area (Å²) in [6.45, 7) is 6.50. The van der Waals surface area contributed by atoms with Crippen molar-refractivity contribution in [2.45, 2.75) is 39.0 Å². The first kappa shape index (κ1) is 11.5. The molecular weight excluding hydrogens is 222 g/mol. The quantitative estimate of drug-likeness (QED) is 0.782. The first-order chi connectivity index (χ1) is 7.59. The van der Waals surface area contributed by atoms with E-state index in [-0.39, 0.29) is 5.41 Å². The third-order valence-corrected chi connectivity index (χ3v) is 3.66. The van der Waals surface area contributed by atoms with Gasteiger partial charge in [-0.05, 0) is 31.0 Å². The molecule has 0 unspecified atom stereocenters. The Morgan fingerprint density at radius 2 is 2.00 bits per heavy atom. The Morgan fingerprint density at radius 1 is 1.31 bits per heavy atom. The zero-order valence-electron chi connectivity index (χ0n) is 9.88. The number of aromatic nitrogens is 1. The third kappa shape index (κ3) is 1.82. The van der Waals surface area contributed by atoms with Crippen LogP contribution in [0.5, 0.6) is 0 Å². The van der Waals surface area contributed by atoms with E-state index in [1.807, 2.05) is 18.2 Å². The largest absolute Gasteiger partial charge is 0.440 e. The molecule has 1 aromatic carbocycles. The molecule has 0 atom stereocenters. The van der Waals surface area contributed by atoms with E-state index in [0.29, 0.717) is 5.02 Å². The molecular formula is C13H16ClNO. The van der Waals surface area contributed by atoms with Crippen LogP contribution in [0.4, 0.5) is 0 Å². The molecule has 1 heterocycles. The molecule has 2 aromatic rings. The number of hydrogen-bond acceptors (Lipinski definition) is 2. The first-order valence-electron chi connectivity index (χ1n) is 5.65. The van der Waals surface area contributed by atoms with Gasteiger partial charge in [-0.1, -0.05) is 32.4 Å². The van der Waals surface area contributed by atoms with Crippen molar-refractivity contribution in [3.8, 4) is 0 Å². The van der Waals surface area contributed by atoms with E-state index in [0.717, 1.165) is 29.8 Å². The number of hydrogen-bond donors (Lipinski definition) is 0. The van der Waals surface area contributed by atoms with Crippen LogP contribution in [0.15, 0.2) is 22.6 Å². The SMILES string of the molecule is CCC(C)(CC)c1nc2cc(Cl)ccc2o1. The van der Waals surface area contributed by atoms with Gasteiger partial charge in [0.1, 0.15) is 5.52 Å². The molecule has 0 radical (unpaired) electrons. The number of oxazole rings is 1. The van der Waals surface area contributed by atoms with Crippen molar-refractivity contribution in [3.05, 3.63) is 29.1 Å². The summed E-state index contributed by atoms with van der Waals surface area (Å²) in [6.07, 6.45) is 2.04. The lowest BCUT2D eigenvalue weighted by Crippen LogP contribution is -2.19. The molecule has 3 heteroatoms. The molecule has 0 bridgehead atoms. The van der Waals surface area contributed by atoms with Crippen LogP contribution in [-0.4, -0.2) is 4.98 Å². The fourth-order valence-corrected chi connectivity index (χ4v) is 1.88. The molecule has 0 aliphatic carbocycles. The Labute approximate surface area is 101 Å². The summed E-state index contributed by atoms with van der Waals surface area (Å²) in [4.78, 5) is 4.54. The molecule has 16 heavy (non-hydrogen) atoms. The van der Waals surface area contributed by atoms with Crippen LogP contribution in [0.2, 0.25) is 5.02 Å². The van der Waals surface area contributed by atoms with E-state index in [4.69, 9.17) is 16.0 Å². The van der Waals surface area contributed by atoms with Crippen LogP contribution in [0, 0.1) is 0 Å². The van der Waals surface area contributed by atoms with Gasteiger partial charge in [-0.2, -0.15) is 0 Å². The van der Waals surface area contributed by atoms with Gasteiger partial charge in [-0.25, -0.2) is 4.98 Å². The maximum atomic E-state index is 5.93. The minimum Gasteiger partial charge on any atom is -0.440 e. The Morgan fingerprint density at radius 3 is 2.62 bits per heavy atom. The number of fused-ring (bicyclic) bond motifs is 1.